The standard InChI is InChI=1S/C23H17ClN4O3/c1-13-19(11-15-9-16(24)5-7-20(15)27-13)23(30)28-17-6-8-21(26-12-17)31-18-4-2-3-14(10-18)22(25)29/h2-12H,1H3,(H2,25,29)(H,28,30). The van der Waals surface area contributed by atoms with Crippen molar-refractivity contribution in [3.63, 3.8) is 0 Å². The summed E-state index contributed by atoms with van der Waals surface area (Å²) in [6.07, 6.45) is 1.48. The molecular formula is C23H17ClN4O3. The van der Waals surface area contributed by atoms with Gasteiger partial charge in [-0.3, -0.25) is 14.6 Å². The number of nitrogens with two attached hydrogens (primary N) is 1. The predicted molar refractivity (Wildman–Crippen MR) is 119 cm³/mol. The Balaban J connectivity index is 1.49. The van der Waals surface area contributed by atoms with E-state index in [-0.39, 0.29) is 5.91 Å². The van der Waals surface area contributed by atoms with Gasteiger partial charge in [-0.15, -0.1) is 0 Å². The second kappa shape index (κ2) is 8.41. The Kier molecular flexibility index (Phi) is 5.51. The van der Waals surface area contributed by atoms with E-state index in [2.05, 4.69) is 15.3 Å². The number of nitrogens with one attached hydrogen (secondary N) is 1. The van der Waals surface area contributed by atoms with Crippen molar-refractivity contribution in [2.45, 2.75) is 6.92 Å². The van der Waals surface area contributed by atoms with E-state index in [0.29, 0.717) is 39.2 Å². The Bertz CT molecular complexity index is 1310. The number of carbonyl (C=O) groups is 2. The molecule has 154 valence electrons. The van der Waals surface area contributed by atoms with Crippen molar-refractivity contribution in [3.05, 3.63) is 88.7 Å². The van der Waals surface area contributed by atoms with E-state index in [9.17, 15) is 9.59 Å². The van der Waals surface area contributed by atoms with Crippen LogP contribution in [0.2, 0.25) is 5.02 Å². The lowest BCUT2D eigenvalue weighted by atomic mass is 10.1. The molecule has 0 saturated heterocycles. The summed E-state index contributed by atoms with van der Waals surface area (Å²) in [7, 11) is 0. The van der Waals surface area contributed by atoms with Gasteiger partial charge in [0, 0.05) is 22.0 Å². The largest absolute Gasteiger partial charge is 0.439 e. The Hall–Kier alpha value is -3.97. The molecule has 0 spiro atoms. The van der Waals surface area contributed by atoms with Gasteiger partial charge in [0.2, 0.25) is 11.8 Å². The van der Waals surface area contributed by atoms with Crippen LogP contribution in [0.5, 0.6) is 11.6 Å². The Morgan fingerprint density at radius 2 is 1.90 bits per heavy atom. The Morgan fingerprint density at radius 1 is 1.06 bits per heavy atom. The minimum absolute atomic E-state index is 0.304. The van der Waals surface area contributed by atoms with Crippen LogP contribution in [0.1, 0.15) is 26.4 Å². The van der Waals surface area contributed by atoms with Gasteiger partial charge in [0.1, 0.15) is 5.75 Å². The Labute approximate surface area is 182 Å². The third-order valence-electron chi connectivity index (χ3n) is 4.55. The van der Waals surface area contributed by atoms with E-state index < -0.39 is 5.91 Å². The van der Waals surface area contributed by atoms with Crippen LogP contribution in [-0.4, -0.2) is 21.8 Å². The number of fused-ring (bicyclic) bond motifs is 1. The smallest absolute Gasteiger partial charge is 0.257 e. The molecule has 2 heterocycles. The molecule has 2 aromatic heterocycles. The van der Waals surface area contributed by atoms with Crippen LogP contribution in [0.25, 0.3) is 10.9 Å². The lowest BCUT2D eigenvalue weighted by molar-refractivity contribution is 0.0997. The maximum atomic E-state index is 12.8. The molecule has 7 nitrogen and oxygen atoms in total. The summed E-state index contributed by atoms with van der Waals surface area (Å²) in [6, 6.07) is 16.8. The number of primary amides is 1. The molecule has 4 rings (SSSR count). The van der Waals surface area contributed by atoms with Crippen molar-refractivity contribution in [3.8, 4) is 11.6 Å². The zero-order chi connectivity index (χ0) is 22.0. The van der Waals surface area contributed by atoms with Gasteiger partial charge in [-0.05, 0) is 55.5 Å². The molecule has 0 radical (unpaired) electrons. The number of nitrogens with zero attached hydrogens (tertiary/aromatic N) is 2. The van der Waals surface area contributed by atoms with Crippen LogP contribution < -0.4 is 15.8 Å². The molecule has 31 heavy (non-hydrogen) atoms. The number of carbonyl (C=O) groups excluding carboxylic acids is 2. The monoisotopic (exact) mass is 432 g/mol. The highest BCUT2D eigenvalue weighted by atomic mass is 35.5. The van der Waals surface area contributed by atoms with Crippen molar-refractivity contribution in [2.24, 2.45) is 5.73 Å². The summed E-state index contributed by atoms with van der Waals surface area (Å²) in [5.41, 5.74) is 7.92. The van der Waals surface area contributed by atoms with Crippen LogP contribution in [0.3, 0.4) is 0 Å². The summed E-state index contributed by atoms with van der Waals surface area (Å²) < 4.78 is 5.64. The number of ether oxygens (including phenoxy) is 1. The van der Waals surface area contributed by atoms with E-state index in [0.717, 1.165) is 10.9 Å². The number of rotatable bonds is 5. The first-order valence-corrected chi connectivity index (χ1v) is 9.69. The molecular weight excluding hydrogens is 416 g/mol. The lowest BCUT2D eigenvalue weighted by Gasteiger charge is -2.10. The van der Waals surface area contributed by atoms with Crippen molar-refractivity contribution < 1.29 is 14.3 Å². The molecule has 8 heteroatoms. The lowest BCUT2D eigenvalue weighted by Crippen LogP contribution is -2.14. The molecule has 0 aliphatic heterocycles. The number of benzene rings is 2. The highest BCUT2D eigenvalue weighted by molar-refractivity contribution is 6.31. The highest BCUT2D eigenvalue weighted by Crippen LogP contribution is 2.23. The number of halogens is 1. The van der Waals surface area contributed by atoms with Crippen LogP contribution in [-0.2, 0) is 0 Å². The van der Waals surface area contributed by atoms with E-state index >= 15 is 0 Å². The predicted octanol–water partition coefficient (Wildman–Crippen LogP) is 4.74. The van der Waals surface area contributed by atoms with Gasteiger partial charge in [-0.1, -0.05) is 17.7 Å². The molecule has 0 bridgehead atoms. The minimum Gasteiger partial charge on any atom is -0.439 e. The number of hydrogen-bond acceptors (Lipinski definition) is 5. The van der Waals surface area contributed by atoms with E-state index in [1.54, 1.807) is 55.5 Å². The fraction of sp³-hybridized carbons (Fsp3) is 0.0435. The van der Waals surface area contributed by atoms with Gasteiger partial charge in [0.05, 0.1) is 28.7 Å². The summed E-state index contributed by atoms with van der Waals surface area (Å²) >= 11 is 6.05. The third kappa shape index (κ3) is 4.62. The second-order valence-electron chi connectivity index (χ2n) is 6.79. The van der Waals surface area contributed by atoms with Crippen molar-refractivity contribution in [1.29, 1.82) is 0 Å². The molecule has 0 atom stereocenters. The summed E-state index contributed by atoms with van der Waals surface area (Å²) in [5.74, 6) is -0.122. The van der Waals surface area contributed by atoms with Gasteiger partial charge in [-0.25, -0.2) is 4.98 Å². The number of aryl methyl sites for hydroxylation is 1. The van der Waals surface area contributed by atoms with Crippen molar-refractivity contribution in [1.82, 2.24) is 9.97 Å². The fourth-order valence-corrected chi connectivity index (χ4v) is 3.20. The van der Waals surface area contributed by atoms with Gasteiger partial charge < -0.3 is 15.8 Å². The van der Waals surface area contributed by atoms with Crippen LogP contribution >= 0.6 is 11.6 Å². The number of amides is 2. The normalized spacial score (nSPS) is 10.6. The van der Waals surface area contributed by atoms with Gasteiger partial charge in [0.15, 0.2) is 0 Å². The molecule has 2 aromatic carbocycles. The maximum Gasteiger partial charge on any atom is 0.257 e. The quantitative estimate of drug-likeness (QED) is 0.473. The topological polar surface area (TPSA) is 107 Å². The SMILES string of the molecule is Cc1nc2ccc(Cl)cc2cc1C(=O)Nc1ccc(Oc2cccc(C(N)=O)c2)nc1. The van der Waals surface area contributed by atoms with Gasteiger partial charge in [-0.2, -0.15) is 0 Å². The molecule has 0 aliphatic carbocycles. The highest BCUT2D eigenvalue weighted by Gasteiger charge is 2.13. The molecule has 2 amide bonds. The summed E-state index contributed by atoms with van der Waals surface area (Å²) in [6.45, 7) is 1.78. The Morgan fingerprint density at radius 3 is 2.65 bits per heavy atom. The molecule has 0 saturated carbocycles. The van der Waals surface area contributed by atoms with Crippen LogP contribution in [0.4, 0.5) is 5.69 Å². The number of anilines is 1. The second-order valence-corrected chi connectivity index (χ2v) is 7.23. The van der Waals surface area contributed by atoms with Crippen LogP contribution in [0, 0.1) is 6.92 Å². The van der Waals surface area contributed by atoms with Gasteiger partial charge >= 0.3 is 0 Å². The van der Waals surface area contributed by atoms with Crippen molar-refractivity contribution >= 4 is 40.0 Å². The first-order valence-electron chi connectivity index (χ1n) is 9.31. The van der Waals surface area contributed by atoms with Crippen LogP contribution in [0.15, 0.2) is 66.9 Å². The number of pyridine rings is 2. The van der Waals surface area contributed by atoms with E-state index in [1.807, 2.05) is 6.07 Å². The van der Waals surface area contributed by atoms with Gasteiger partial charge in [0.25, 0.3) is 5.91 Å². The maximum absolute atomic E-state index is 12.8. The average molecular weight is 433 g/mol. The molecule has 4 aromatic rings. The minimum atomic E-state index is -0.544. The average Bonchev–Trinajstić information content (AvgIpc) is 2.75. The first kappa shape index (κ1) is 20.3. The summed E-state index contributed by atoms with van der Waals surface area (Å²) in [4.78, 5) is 32.7. The molecule has 0 aliphatic rings. The van der Waals surface area contributed by atoms with Crippen molar-refractivity contribution in [2.75, 3.05) is 5.32 Å². The molecule has 0 unspecified atom stereocenters. The zero-order valence-corrected chi connectivity index (χ0v) is 17.2. The molecule has 0 fully saturated rings. The fourth-order valence-electron chi connectivity index (χ4n) is 3.02. The third-order valence-corrected chi connectivity index (χ3v) is 4.78. The zero-order valence-electron chi connectivity index (χ0n) is 16.4. The van der Waals surface area contributed by atoms with E-state index in [4.69, 9.17) is 22.1 Å². The van der Waals surface area contributed by atoms with E-state index in [1.165, 1.54) is 12.3 Å². The molecule has 3 N–H and O–H groups in total. The first-order chi connectivity index (χ1) is 14.9. The summed E-state index contributed by atoms with van der Waals surface area (Å²) in [5, 5.41) is 4.16. The number of aromatic nitrogens is 2. The number of hydrogen-bond donors (Lipinski definition) is 2.